The SMILES string of the molecule is CCNC(=O)CN(CC)CC(=O)NN1C(=O)NC2(CCC(C)CC2)C1=O. The normalized spacial score (nSPS) is 25.5. The highest BCUT2D eigenvalue weighted by Crippen LogP contribution is 2.35. The summed E-state index contributed by atoms with van der Waals surface area (Å²) in [5.74, 6) is -0.538. The highest BCUT2D eigenvalue weighted by Gasteiger charge is 2.52. The van der Waals surface area contributed by atoms with Crippen LogP contribution in [0.5, 0.6) is 0 Å². The summed E-state index contributed by atoms with van der Waals surface area (Å²) in [7, 11) is 0. The lowest BCUT2D eigenvalue weighted by Crippen LogP contribution is -2.53. The molecule has 5 amide bonds. The van der Waals surface area contributed by atoms with Crippen LogP contribution in [-0.4, -0.2) is 65.4 Å². The van der Waals surface area contributed by atoms with Crippen molar-refractivity contribution in [3.8, 4) is 0 Å². The number of rotatable bonds is 7. The molecule has 3 N–H and O–H groups in total. The quantitative estimate of drug-likeness (QED) is 0.548. The molecule has 0 aromatic rings. The second-order valence-corrected chi connectivity index (χ2v) is 7.13. The molecule has 1 heterocycles. The third kappa shape index (κ3) is 4.51. The van der Waals surface area contributed by atoms with Gasteiger partial charge in [0, 0.05) is 6.54 Å². The lowest BCUT2D eigenvalue weighted by molar-refractivity contribution is -0.140. The Morgan fingerprint density at radius 3 is 2.38 bits per heavy atom. The van der Waals surface area contributed by atoms with Crippen LogP contribution in [0.2, 0.25) is 0 Å². The van der Waals surface area contributed by atoms with Gasteiger partial charge in [-0.15, -0.1) is 0 Å². The summed E-state index contributed by atoms with van der Waals surface area (Å²) >= 11 is 0. The van der Waals surface area contributed by atoms with Gasteiger partial charge in [-0.05, 0) is 45.1 Å². The van der Waals surface area contributed by atoms with Crippen molar-refractivity contribution >= 4 is 23.8 Å². The average molecular weight is 367 g/mol. The highest BCUT2D eigenvalue weighted by atomic mass is 16.2. The van der Waals surface area contributed by atoms with Crippen LogP contribution in [0.15, 0.2) is 0 Å². The molecule has 9 heteroatoms. The molecule has 1 saturated heterocycles. The van der Waals surface area contributed by atoms with Crippen molar-refractivity contribution in [2.24, 2.45) is 5.92 Å². The molecule has 1 aliphatic heterocycles. The zero-order valence-electron chi connectivity index (χ0n) is 15.8. The van der Waals surface area contributed by atoms with Crippen molar-refractivity contribution in [2.45, 2.75) is 52.0 Å². The van der Waals surface area contributed by atoms with Crippen molar-refractivity contribution in [2.75, 3.05) is 26.2 Å². The fraction of sp³-hybridized carbons (Fsp3) is 0.765. The highest BCUT2D eigenvalue weighted by molar-refractivity contribution is 6.08. The molecule has 2 aliphatic rings. The number of urea groups is 1. The van der Waals surface area contributed by atoms with Crippen LogP contribution < -0.4 is 16.1 Å². The van der Waals surface area contributed by atoms with Gasteiger partial charge in [0.25, 0.3) is 11.8 Å². The molecule has 0 unspecified atom stereocenters. The number of imide groups is 1. The van der Waals surface area contributed by atoms with Crippen LogP contribution >= 0.6 is 0 Å². The number of likely N-dealkylation sites (N-methyl/N-ethyl adjacent to an activating group) is 2. The van der Waals surface area contributed by atoms with Gasteiger partial charge in [0.1, 0.15) is 5.54 Å². The first-order valence-corrected chi connectivity index (χ1v) is 9.26. The molecule has 0 aromatic heterocycles. The Kier molecular flexibility index (Phi) is 6.57. The van der Waals surface area contributed by atoms with E-state index in [0.29, 0.717) is 31.8 Å². The minimum atomic E-state index is -0.887. The Labute approximate surface area is 153 Å². The van der Waals surface area contributed by atoms with E-state index in [1.807, 2.05) is 13.8 Å². The van der Waals surface area contributed by atoms with Crippen molar-refractivity contribution in [1.82, 2.24) is 26.0 Å². The van der Waals surface area contributed by atoms with Gasteiger partial charge in [-0.1, -0.05) is 13.8 Å². The van der Waals surface area contributed by atoms with E-state index < -0.39 is 23.4 Å². The van der Waals surface area contributed by atoms with Crippen molar-refractivity contribution in [1.29, 1.82) is 0 Å². The molecular weight excluding hydrogens is 338 g/mol. The Morgan fingerprint density at radius 1 is 1.19 bits per heavy atom. The van der Waals surface area contributed by atoms with Crippen molar-refractivity contribution in [3.63, 3.8) is 0 Å². The molecule has 1 spiro atoms. The zero-order valence-corrected chi connectivity index (χ0v) is 15.8. The van der Waals surface area contributed by atoms with Gasteiger partial charge in [-0.3, -0.25) is 24.7 Å². The lowest BCUT2D eigenvalue weighted by Gasteiger charge is -2.33. The number of amides is 5. The first-order chi connectivity index (χ1) is 12.3. The monoisotopic (exact) mass is 367 g/mol. The molecule has 9 nitrogen and oxygen atoms in total. The summed E-state index contributed by atoms with van der Waals surface area (Å²) in [6, 6.07) is -0.593. The largest absolute Gasteiger partial charge is 0.355 e. The van der Waals surface area contributed by atoms with Crippen molar-refractivity contribution < 1.29 is 19.2 Å². The minimum absolute atomic E-state index is 0.0747. The van der Waals surface area contributed by atoms with Crippen LogP contribution in [0.4, 0.5) is 4.79 Å². The van der Waals surface area contributed by atoms with Crippen LogP contribution in [0.25, 0.3) is 0 Å². The second-order valence-electron chi connectivity index (χ2n) is 7.13. The smallest absolute Gasteiger partial charge is 0.344 e. The first kappa shape index (κ1) is 20.2. The van der Waals surface area contributed by atoms with E-state index >= 15 is 0 Å². The number of nitrogens with one attached hydrogen (secondary N) is 3. The van der Waals surface area contributed by atoms with Crippen LogP contribution in [0.1, 0.15) is 46.5 Å². The summed E-state index contributed by atoms with van der Waals surface area (Å²) in [5, 5.41) is 6.22. The van der Waals surface area contributed by atoms with Gasteiger partial charge < -0.3 is 10.6 Å². The molecule has 0 bridgehead atoms. The maximum atomic E-state index is 12.7. The standard InChI is InChI=1S/C17H29N5O4/c1-4-18-13(23)10-21(5-2)11-14(24)20-22-15(25)17(19-16(22)26)8-6-12(3)7-9-17/h12H,4-11H2,1-3H3,(H,18,23)(H,19,26)(H,20,24). The molecule has 2 rings (SSSR count). The maximum absolute atomic E-state index is 12.7. The summed E-state index contributed by atoms with van der Waals surface area (Å²) in [5.41, 5.74) is 1.50. The summed E-state index contributed by atoms with van der Waals surface area (Å²) in [6.07, 6.45) is 2.90. The van der Waals surface area contributed by atoms with E-state index in [2.05, 4.69) is 23.0 Å². The van der Waals surface area contributed by atoms with Crippen LogP contribution in [0.3, 0.4) is 0 Å². The molecule has 0 atom stereocenters. The third-order valence-electron chi connectivity index (χ3n) is 5.08. The van der Waals surface area contributed by atoms with Gasteiger partial charge in [0.15, 0.2) is 0 Å². The molecule has 26 heavy (non-hydrogen) atoms. The van der Waals surface area contributed by atoms with Crippen LogP contribution in [0, 0.1) is 5.92 Å². The average Bonchev–Trinajstić information content (AvgIpc) is 2.81. The van der Waals surface area contributed by atoms with E-state index in [-0.39, 0.29) is 19.0 Å². The summed E-state index contributed by atoms with van der Waals surface area (Å²) < 4.78 is 0. The molecular formula is C17H29N5O4. The number of carbonyl (C=O) groups excluding carboxylic acids is 4. The molecule has 0 radical (unpaired) electrons. The number of hydrogen-bond donors (Lipinski definition) is 3. The van der Waals surface area contributed by atoms with Crippen LogP contribution in [-0.2, 0) is 14.4 Å². The number of hydrazine groups is 1. The number of hydrogen-bond acceptors (Lipinski definition) is 5. The van der Waals surface area contributed by atoms with E-state index in [9.17, 15) is 19.2 Å². The molecule has 2 fully saturated rings. The fourth-order valence-corrected chi connectivity index (χ4v) is 3.41. The minimum Gasteiger partial charge on any atom is -0.355 e. The Bertz CT molecular complexity index is 572. The Morgan fingerprint density at radius 2 is 1.81 bits per heavy atom. The van der Waals surface area contributed by atoms with E-state index in [4.69, 9.17) is 0 Å². The Balaban J connectivity index is 1.92. The molecule has 1 aliphatic carbocycles. The second kappa shape index (κ2) is 8.48. The van der Waals surface area contributed by atoms with Gasteiger partial charge in [-0.2, -0.15) is 5.01 Å². The number of carbonyl (C=O) groups is 4. The van der Waals surface area contributed by atoms with Gasteiger partial charge in [0.2, 0.25) is 5.91 Å². The molecule has 1 saturated carbocycles. The maximum Gasteiger partial charge on any atom is 0.344 e. The van der Waals surface area contributed by atoms with Crippen molar-refractivity contribution in [3.05, 3.63) is 0 Å². The first-order valence-electron chi connectivity index (χ1n) is 9.26. The van der Waals surface area contributed by atoms with Gasteiger partial charge >= 0.3 is 6.03 Å². The summed E-state index contributed by atoms with van der Waals surface area (Å²) in [4.78, 5) is 50.5. The lowest BCUT2D eigenvalue weighted by atomic mass is 9.77. The predicted octanol–water partition coefficient (Wildman–Crippen LogP) is -0.0237. The zero-order chi connectivity index (χ0) is 19.3. The Hall–Kier alpha value is -2.16. The number of nitrogens with zero attached hydrogens (tertiary/aromatic N) is 2. The van der Waals surface area contributed by atoms with E-state index in [1.54, 1.807) is 4.90 Å². The van der Waals surface area contributed by atoms with E-state index in [0.717, 1.165) is 17.9 Å². The topological polar surface area (TPSA) is 111 Å². The fourth-order valence-electron chi connectivity index (χ4n) is 3.41. The van der Waals surface area contributed by atoms with E-state index in [1.165, 1.54) is 0 Å². The molecule has 0 aromatic carbocycles. The van der Waals surface area contributed by atoms with Gasteiger partial charge in [0.05, 0.1) is 13.1 Å². The van der Waals surface area contributed by atoms with Gasteiger partial charge in [-0.25, -0.2) is 4.79 Å². The molecule has 146 valence electrons. The third-order valence-corrected chi connectivity index (χ3v) is 5.08. The summed E-state index contributed by atoms with van der Waals surface area (Å²) in [6.45, 7) is 6.80. The predicted molar refractivity (Wildman–Crippen MR) is 94.7 cm³/mol.